The summed E-state index contributed by atoms with van der Waals surface area (Å²) >= 11 is 0. The van der Waals surface area contributed by atoms with Gasteiger partial charge in [-0.15, -0.1) is 0 Å². The van der Waals surface area contributed by atoms with Crippen LogP contribution in [-0.4, -0.2) is 22.1 Å². The summed E-state index contributed by atoms with van der Waals surface area (Å²) in [5, 5.41) is 6.48. The molecule has 0 radical (unpaired) electrons. The van der Waals surface area contributed by atoms with Crippen molar-refractivity contribution >= 4 is 22.8 Å². The molecule has 1 aromatic carbocycles. The number of carbonyl (C=O) groups excluding carboxylic acids is 1. The van der Waals surface area contributed by atoms with Gasteiger partial charge in [0.2, 0.25) is 0 Å². The molecule has 0 spiro atoms. The molecule has 3 aromatic rings. The van der Waals surface area contributed by atoms with E-state index in [1.807, 2.05) is 44.2 Å². The average Bonchev–Trinajstić information content (AvgIpc) is 2.60. The van der Waals surface area contributed by atoms with E-state index in [1.165, 1.54) is 0 Å². The Balaban J connectivity index is 1.58. The summed E-state index contributed by atoms with van der Waals surface area (Å²) in [7, 11) is 0. The number of hydrogen-bond donors (Lipinski definition) is 2. The molecule has 0 bridgehead atoms. The van der Waals surface area contributed by atoms with Crippen LogP contribution in [0.1, 0.15) is 19.4 Å². The number of nitrogens with one attached hydrogen (secondary N) is 2. The van der Waals surface area contributed by atoms with E-state index in [9.17, 15) is 4.79 Å². The van der Waals surface area contributed by atoms with Gasteiger partial charge in [-0.1, -0.05) is 12.1 Å². The summed E-state index contributed by atoms with van der Waals surface area (Å²) < 4.78 is 5.65. The summed E-state index contributed by atoms with van der Waals surface area (Å²) in [6, 6.07) is 12.8. The topological polar surface area (TPSA) is 76.1 Å². The van der Waals surface area contributed by atoms with E-state index in [-0.39, 0.29) is 12.1 Å². The standard InChI is InChI=1S/C19H20N4O2/c1-13(2)25-16-5-3-4-14(10-16)11-21-19(24)23-18-7-6-15-12-20-9-8-17(15)22-18/h3-10,12-13H,11H2,1-2H3,(H2,21,22,23,24). The first kappa shape index (κ1) is 16.7. The maximum atomic E-state index is 12.1. The van der Waals surface area contributed by atoms with Gasteiger partial charge < -0.3 is 10.1 Å². The molecule has 0 aliphatic carbocycles. The number of aromatic nitrogens is 2. The first-order valence-electron chi connectivity index (χ1n) is 8.11. The van der Waals surface area contributed by atoms with Gasteiger partial charge in [-0.25, -0.2) is 9.78 Å². The van der Waals surface area contributed by atoms with Crippen molar-refractivity contribution in [3.05, 3.63) is 60.4 Å². The molecule has 25 heavy (non-hydrogen) atoms. The molecule has 0 aliphatic rings. The Labute approximate surface area is 146 Å². The van der Waals surface area contributed by atoms with Crippen LogP contribution >= 0.6 is 0 Å². The van der Waals surface area contributed by atoms with Gasteiger partial charge in [-0.3, -0.25) is 10.3 Å². The molecule has 2 aromatic heterocycles. The normalized spacial score (nSPS) is 10.7. The quantitative estimate of drug-likeness (QED) is 0.744. The van der Waals surface area contributed by atoms with Crippen LogP contribution in [0.15, 0.2) is 54.9 Å². The van der Waals surface area contributed by atoms with Gasteiger partial charge in [0.15, 0.2) is 0 Å². The van der Waals surface area contributed by atoms with Crippen molar-refractivity contribution < 1.29 is 9.53 Å². The number of rotatable bonds is 5. The number of nitrogens with zero attached hydrogens (tertiary/aromatic N) is 2. The minimum atomic E-state index is -0.309. The van der Waals surface area contributed by atoms with Crippen LogP contribution in [-0.2, 0) is 6.54 Å². The third kappa shape index (κ3) is 4.67. The highest BCUT2D eigenvalue weighted by Crippen LogP contribution is 2.15. The predicted octanol–water partition coefficient (Wildman–Crippen LogP) is 3.74. The Bertz CT molecular complexity index is 880. The van der Waals surface area contributed by atoms with Crippen LogP contribution in [0.25, 0.3) is 10.9 Å². The average molecular weight is 336 g/mol. The lowest BCUT2D eigenvalue weighted by atomic mass is 10.2. The SMILES string of the molecule is CC(C)Oc1cccc(CNC(=O)Nc2ccc3cnccc3n2)c1. The Morgan fingerprint density at radius 3 is 2.92 bits per heavy atom. The van der Waals surface area contributed by atoms with Crippen molar-refractivity contribution in [3.8, 4) is 5.75 Å². The van der Waals surface area contributed by atoms with E-state index >= 15 is 0 Å². The van der Waals surface area contributed by atoms with E-state index in [0.29, 0.717) is 12.4 Å². The van der Waals surface area contributed by atoms with Crippen LogP contribution in [0.3, 0.4) is 0 Å². The summed E-state index contributed by atoms with van der Waals surface area (Å²) in [5.41, 5.74) is 1.75. The van der Waals surface area contributed by atoms with Crippen molar-refractivity contribution in [2.45, 2.75) is 26.5 Å². The molecule has 2 N–H and O–H groups in total. The molecule has 0 saturated carbocycles. The lowest BCUT2D eigenvalue weighted by Gasteiger charge is -2.11. The largest absolute Gasteiger partial charge is 0.491 e. The van der Waals surface area contributed by atoms with Crippen LogP contribution in [0.4, 0.5) is 10.6 Å². The lowest BCUT2D eigenvalue weighted by Crippen LogP contribution is -2.28. The molecule has 2 heterocycles. The fourth-order valence-electron chi connectivity index (χ4n) is 2.38. The number of fused-ring (bicyclic) bond motifs is 1. The van der Waals surface area contributed by atoms with Gasteiger partial charge >= 0.3 is 6.03 Å². The second-order valence-corrected chi connectivity index (χ2v) is 5.89. The molecule has 2 amide bonds. The smallest absolute Gasteiger partial charge is 0.320 e. The second-order valence-electron chi connectivity index (χ2n) is 5.89. The molecule has 0 atom stereocenters. The molecule has 6 nitrogen and oxygen atoms in total. The number of urea groups is 1. The monoisotopic (exact) mass is 336 g/mol. The van der Waals surface area contributed by atoms with Gasteiger partial charge in [-0.2, -0.15) is 0 Å². The highest BCUT2D eigenvalue weighted by atomic mass is 16.5. The molecule has 0 aliphatic heterocycles. The zero-order chi connectivity index (χ0) is 17.6. The number of pyridine rings is 2. The zero-order valence-corrected chi connectivity index (χ0v) is 14.2. The van der Waals surface area contributed by atoms with Gasteiger partial charge in [0.05, 0.1) is 11.6 Å². The van der Waals surface area contributed by atoms with E-state index in [0.717, 1.165) is 22.2 Å². The van der Waals surface area contributed by atoms with Gasteiger partial charge in [0.1, 0.15) is 11.6 Å². The van der Waals surface area contributed by atoms with Crippen LogP contribution in [0, 0.1) is 0 Å². The van der Waals surface area contributed by atoms with E-state index in [1.54, 1.807) is 24.5 Å². The summed E-state index contributed by atoms with van der Waals surface area (Å²) in [6.45, 7) is 4.36. The Kier molecular flexibility index (Phi) is 5.09. The number of carbonyl (C=O) groups is 1. The minimum absolute atomic E-state index is 0.112. The van der Waals surface area contributed by atoms with Crippen molar-refractivity contribution in [2.24, 2.45) is 0 Å². The molecule has 0 fully saturated rings. The molecule has 3 rings (SSSR count). The van der Waals surface area contributed by atoms with Gasteiger partial charge in [0.25, 0.3) is 0 Å². The maximum Gasteiger partial charge on any atom is 0.320 e. The van der Waals surface area contributed by atoms with Gasteiger partial charge in [0, 0.05) is 24.3 Å². The second kappa shape index (κ2) is 7.61. The Morgan fingerprint density at radius 1 is 1.20 bits per heavy atom. The molecule has 0 unspecified atom stereocenters. The fourth-order valence-corrected chi connectivity index (χ4v) is 2.38. The van der Waals surface area contributed by atoms with Crippen molar-refractivity contribution in [1.82, 2.24) is 15.3 Å². The summed E-state index contributed by atoms with van der Waals surface area (Å²) in [5.74, 6) is 1.28. The maximum absolute atomic E-state index is 12.1. The predicted molar refractivity (Wildman–Crippen MR) is 97.6 cm³/mol. The number of anilines is 1. The van der Waals surface area contributed by atoms with E-state index in [4.69, 9.17) is 4.74 Å². The molecular formula is C19H20N4O2. The first-order chi connectivity index (χ1) is 12.1. The number of benzene rings is 1. The first-order valence-corrected chi connectivity index (χ1v) is 8.11. The molecule has 6 heteroatoms. The fraction of sp³-hybridized carbons (Fsp3) is 0.211. The van der Waals surface area contributed by atoms with Crippen molar-refractivity contribution in [3.63, 3.8) is 0 Å². The Morgan fingerprint density at radius 2 is 2.08 bits per heavy atom. The summed E-state index contributed by atoms with van der Waals surface area (Å²) in [4.78, 5) is 20.5. The highest BCUT2D eigenvalue weighted by Gasteiger charge is 2.05. The van der Waals surface area contributed by atoms with E-state index in [2.05, 4.69) is 20.6 Å². The van der Waals surface area contributed by atoms with Crippen LogP contribution in [0.5, 0.6) is 5.75 Å². The van der Waals surface area contributed by atoms with Crippen molar-refractivity contribution in [2.75, 3.05) is 5.32 Å². The third-order valence-corrected chi connectivity index (χ3v) is 3.45. The minimum Gasteiger partial charge on any atom is -0.491 e. The number of amides is 2. The molecular weight excluding hydrogens is 316 g/mol. The van der Waals surface area contributed by atoms with Crippen LogP contribution < -0.4 is 15.4 Å². The number of ether oxygens (including phenoxy) is 1. The zero-order valence-electron chi connectivity index (χ0n) is 14.2. The van der Waals surface area contributed by atoms with Crippen LogP contribution in [0.2, 0.25) is 0 Å². The number of hydrogen-bond acceptors (Lipinski definition) is 4. The summed E-state index contributed by atoms with van der Waals surface area (Å²) in [6.07, 6.45) is 3.52. The van der Waals surface area contributed by atoms with Gasteiger partial charge in [-0.05, 0) is 49.7 Å². The Hall–Kier alpha value is -3.15. The highest BCUT2D eigenvalue weighted by molar-refractivity contribution is 5.90. The van der Waals surface area contributed by atoms with E-state index < -0.39 is 0 Å². The lowest BCUT2D eigenvalue weighted by molar-refractivity contribution is 0.242. The van der Waals surface area contributed by atoms with Crippen molar-refractivity contribution in [1.29, 1.82) is 0 Å². The third-order valence-electron chi connectivity index (χ3n) is 3.45. The molecule has 128 valence electrons. The molecule has 0 saturated heterocycles.